The SMILES string of the molecule is O=C(Nc1ccccc1)c1ccc(Cl)c(I)c1. The van der Waals surface area contributed by atoms with Crippen molar-refractivity contribution in [2.24, 2.45) is 0 Å². The summed E-state index contributed by atoms with van der Waals surface area (Å²) in [6, 6.07) is 14.5. The number of nitrogens with one attached hydrogen (secondary N) is 1. The van der Waals surface area contributed by atoms with Crippen molar-refractivity contribution in [3.05, 3.63) is 62.7 Å². The molecule has 0 spiro atoms. The molecule has 4 heteroatoms. The summed E-state index contributed by atoms with van der Waals surface area (Å²) < 4.78 is 0.866. The normalized spacial score (nSPS) is 10.0. The zero-order chi connectivity index (χ0) is 12.3. The molecule has 0 atom stereocenters. The van der Waals surface area contributed by atoms with E-state index >= 15 is 0 Å². The van der Waals surface area contributed by atoms with Crippen LogP contribution in [0.5, 0.6) is 0 Å². The fourth-order valence-electron chi connectivity index (χ4n) is 1.36. The fourth-order valence-corrected chi connectivity index (χ4v) is 1.99. The molecule has 0 aliphatic heterocycles. The van der Waals surface area contributed by atoms with Crippen molar-refractivity contribution < 1.29 is 4.79 Å². The quantitative estimate of drug-likeness (QED) is 0.802. The van der Waals surface area contributed by atoms with Crippen LogP contribution in [0.1, 0.15) is 10.4 Å². The van der Waals surface area contributed by atoms with Crippen LogP contribution in [-0.2, 0) is 0 Å². The van der Waals surface area contributed by atoms with E-state index < -0.39 is 0 Å². The number of hydrogen-bond donors (Lipinski definition) is 1. The van der Waals surface area contributed by atoms with Crippen molar-refractivity contribution in [2.75, 3.05) is 5.32 Å². The molecule has 0 heterocycles. The van der Waals surface area contributed by atoms with E-state index in [4.69, 9.17) is 11.6 Å². The van der Waals surface area contributed by atoms with Gasteiger partial charge in [0, 0.05) is 14.8 Å². The molecule has 0 aliphatic carbocycles. The number of amides is 1. The van der Waals surface area contributed by atoms with E-state index in [1.165, 1.54) is 0 Å². The van der Waals surface area contributed by atoms with Gasteiger partial charge in [-0.15, -0.1) is 0 Å². The summed E-state index contributed by atoms with van der Waals surface area (Å²) in [6.45, 7) is 0. The summed E-state index contributed by atoms with van der Waals surface area (Å²) in [6.07, 6.45) is 0. The van der Waals surface area contributed by atoms with Crippen LogP contribution in [0.25, 0.3) is 0 Å². The standard InChI is InChI=1S/C13H9ClINO/c14-11-7-6-9(8-12(11)15)13(17)16-10-4-2-1-3-5-10/h1-8H,(H,16,17). The van der Waals surface area contributed by atoms with Crippen molar-refractivity contribution in [3.8, 4) is 0 Å². The molecule has 0 saturated heterocycles. The lowest BCUT2D eigenvalue weighted by molar-refractivity contribution is 0.102. The lowest BCUT2D eigenvalue weighted by Gasteiger charge is -2.05. The Hall–Kier alpha value is -1.07. The first-order chi connectivity index (χ1) is 8.16. The van der Waals surface area contributed by atoms with E-state index in [1.54, 1.807) is 18.2 Å². The molecule has 0 saturated carbocycles. The van der Waals surface area contributed by atoms with Gasteiger partial charge in [-0.05, 0) is 52.9 Å². The number of benzene rings is 2. The highest BCUT2D eigenvalue weighted by molar-refractivity contribution is 14.1. The maximum atomic E-state index is 11.9. The molecular formula is C13H9ClINO. The zero-order valence-electron chi connectivity index (χ0n) is 8.78. The van der Waals surface area contributed by atoms with E-state index in [-0.39, 0.29) is 5.91 Å². The number of halogens is 2. The number of carbonyl (C=O) groups excluding carboxylic acids is 1. The maximum Gasteiger partial charge on any atom is 0.255 e. The van der Waals surface area contributed by atoms with Crippen LogP contribution < -0.4 is 5.32 Å². The summed E-state index contributed by atoms with van der Waals surface area (Å²) in [5.41, 5.74) is 1.38. The average molecular weight is 358 g/mol. The molecule has 0 bridgehead atoms. The van der Waals surface area contributed by atoms with Gasteiger partial charge >= 0.3 is 0 Å². The molecule has 86 valence electrons. The average Bonchev–Trinajstić information content (AvgIpc) is 2.34. The molecule has 1 amide bonds. The van der Waals surface area contributed by atoms with Crippen molar-refractivity contribution in [2.45, 2.75) is 0 Å². The van der Waals surface area contributed by atoms with Crippen LogP contribution >= 0.6 is 34.2 Å². The van der Waals surface area contributed by atoms with Gasteiger partial charge in [-0.25, -0.2) is 0 Å². The second-order valence-corrected chi connectivity index (χ2v) is 5.02. The van der Waals surface area contributed by atoms with Gasteiger partial charge in [0.2, 0.25) is 0 Å². The Balaban J connectivity index is 2.18. The molecular weight excluding hydrogens is 349 g/mol. The van der Waals surface area contributed by atoms with Crippen LogP contribution in [-0.4, -0.2) is 5.91 Å². The highest BCUT2D eigenvalue weighted by Crippen LogP contribution is 2.20. The van der Waals surface area contributed by atoms with Crippen molar-refractivity contribution >= 4 is 45.8 Å². The molecule has 0 unspecified atom stereocenters. The molecule has 0 aromatic heterocycles. The fraction of sp³-hybridized carbons (Fsp3) is 0. The zero-order valence-corrected chi connectivity index (χ0v) is 11.7. The Labute approximate surface area is 118 Å². The molecule has 0 radical (unpaired) electrons. The third-order valence-corrected chi connectivity index (χ3v) is 3.75. The molecule has 2 nitrogen and oxygen atoms in total. The monoisotopic (exact) mass is 357 g/mol. The lowest BCUT2D eigenvalue weighted by atomic mass is 10.2. The van der Waals surface area contributed by atoms with Gasteiger partial charge in [0.25, 0.3) is 5.91 Å². The highest BCUT2D eigenvalue weighted by Gasteiger charge is 2.07. The number of carbonyl (C=O) groups is 1. The largest absolute Gasteiger partial charge is 0.322 e. The van der Waals surface area contributed by atoms with Crippen LogP contribution in [0, 0.1) is 3.57 Å². The van der Waals surface area contributed by atoms with Gasteiger partial charge in [-0.2, -0.15) is 0 Å². The third kappa shape index (κ3) is 3.20. The molecule has 2 aromatic carbocycles. The van der Waals surface area contributed by atoms with E-state index in [9.17, 15) is 4.79 Å². The van der Waals surface area contributed by atoms with E-state index in [0.29, 0.717) is 10.6 Å². The topological polar surface area (TPSA) is 29.1 Å². The van der Waals surface area contributed by atoms with Crippen molar-refractivity contribution in [1.29, 1.82) is 0 Å². The summed E-state index contributed by atoms with van der Waals surface area (Å²) in [7, 11) is 0. The summed E-state index contributed by atoms with van der Waals surface area (Å²) in [4.78, 5) is 11.9. The van der Waals surface area contributed by atoms with E-state index in [0.717, 1.165) is 9.26 Å². The molecule has 0 fully saturated rings. The first-order valence-electron chi connectivity index (χ1n) is 4.98. The van der Waals surface area contributed by atoms with Gasteiger partial charge in [0.05, 0.1) is 5.02 Å². The van der Waals surface area contributed by atoms with Crippen LogP contribution in [0.2, 0.25) is 5.02 Å². The summed E-state index contributed by atoms with van der Waals surface area (Å²) in [5.74, 6) is -0.134. The van der Waals surface area contributed by atoms with Gasteiger partial charge in [0.15, 0.2) is 0 Å². The Bertz CT molecular complexity index is 542. The second kappa shape index (κ2) is 5.51. The minimum absolute atomic E-state index is 0.134. The Morgan fingerprint density at radius 2 is 1.82 bits per heavy atom. The third-order valence-electron chi connectivity index (χ3n) is 2.21. The molecule has 0 aliphatic rings. The number of hydrogen-bond acceptors (Lipinski definition) is 1. The Kier molecular flexibility index (Phi) is 4.02. The van der Waals surface area contributed by atoms with Gasteiger partial charge in [0.1, 0.15) is 0 Å². The van der Waals surface area contributed by atoms with E-state index in [2.05, 4.69) is 27.9 Å². The minimum Gasteiger partial charge on any atom is -0.322 e. The lowest BCUT2D eigenvalue weighted by Crippen LogP contribution is -2.11. The number of anilines is 1. The van der Waals surface area contributed by atoms with Crippen molar-refractivity contribution in [3.63, 3.8) is 0 Å². The predicted octanol–water partition coefficient (Wildman–Crippen LogP) is 4.20. The minimum atomic E-state index is -0.134. The molecule has 2 aromatic rings. The highest BCUT2D eigenvalue weighted by atomic mass is 127. The predicted molar refractivity (Wildman–Crippen MR) is 78.6 cm³/mol. The summed E-state index contributed by atoms with van der Waals surface area (Å²) in [5, 5.41) is 3.47. The number of rotatable bonds is 2. The van der Waals surface area contributed by atoms with Gasteiger partial charge < -0.3 is 5.32 Å². The number of para-hydroxylation sites is 1. The van der Waals surface area contributed by atoms with Crippen LogP contribution in [0.3, 0.4) is 0 Å². The Morgan fingerprint density at radius 3 is 2.47 bits per heavy atom. The maximum absolute atomic E-state index is 11.9. The molecule has 2 rings (SSSR count). The van der Waals surface area contributed by atoms with Crippen molar-refractivity contribution in [1.82, 2.24) is 0 Å². The second-order valence-electron chi connectivity index (χ2n) is 3.45. The molecule has 1 N–H and O–H groups in total. The van der Waals surface area contributed by atoms with E-state index in [1.807, 2.05) is 30.3 Å². The van der Waals surface area contributed by atoms with Gasteiger partial charge in [-0.1, -0.05) is 29.8 Å². The first kappa shape index (κ1) is 12.4. The summed E-state index contributed by atoms with van der Waals surface area (Å²) >= 11 is 8.01. The Morgan fingerprint density at radius 1 is 1.12 bits per heavy atom. The molecule has 17 heavy (non-hydrogen) atoms. The smallest absolute Gasteiger partial charge is 0.255 e. The van der Waals surface area contributed by atoms with Crippen LogP contribution in [0.15, 0.2) is 48.5 Å². The van der Waals surface area contributed by atoms with Crippen LogP contribution in [0.4, 0.5) is 5.69 Å². The first-order valence-corrected chi connectivity index (χ1v) is 6.44. The van der Waals surface area contributed by atoms with Gasteiger partial charge in [-0.3, -0.25) is 4.79 Å².